The number of alkyl halides is 3. The fourth-order valence-corrected chi connectivity index (χ4v) is 3.52. The number of benzene rings is 1. The van der Waals surface area contributed by atoms with Crippen LogP contribution in [0.4, 0.5) is 28.0 Å². The van der Waals surface area contributed by atoms with Crippen LogP contribution in [0.3, 0.4) is 0 Å². The molecule has 0 aliphatic heterocycles. The van der Waals surface area contributed by atoms with Crippen LogP contribution in [0.2, 0.25) is 0 Å². The lowest BCUT2D eigenvalue weighted by molar-refractivity contribution is -0.215. The number of aliphatic hydroxyl groups is 1. The summed E-state index contributed by atoms with van der Waals surface area (Å²) in [5.74, 6) is -2.56. The van der Waals surface area contributed by atoms with Crippen molar-refractivity contribution in [2.75, 3.05) is 5.32 Å². The third kappa shape index (κ3) is 7.83. The molecule has 0 saturated carbocycles. The normalized spacial score (nSPS) is 13.0. The van der Waals surface area contributed by atoms with E-state index >= 15 is 0 Å². The van der Waals surface area contributed by atoms with Gasteiger partial charge >= 0.3 is 12.3 Å². The number of pyridine rings is 1. The second-order valence-electron chi connectivity index (χ2n) is 8.77. The lowest BCUT2D eigenvalue weighted by atomic mass is 9.98. The Hall–Kier alpha value is -4.33. The lowest BCUT2D eigenvalue weighted by Gasteiger charge is -2.29. The van der Waals surface area contributed by atoms with Gasteiger partial charge in [-0.25, -0.2) is 14.2 Å². The summed E-state index contributed by atoms with van der Waals surface area (Å²) in [6.07, 6.45) is -4.86. The zero-order valence-corrected chi connectivity index (χ0v) is 20.8. The first-order chi connectivity index (χ1) is 18.4. The minimum absolute atomic E-state index is 0.122. The van der Waals surface area contributed by atoms with Gasteiger partial charge in [0, 0.05) is 18.0 Å². The molecular weight excluding hydrogens is 526 g/mol. The van der Waals surface area contributed by atoms with Crippen LogP contribution in [0.1, 0.15) is 19.4 Å². The van der Waals surface area contributed by atoms with Crippen molar-refractivity contribution in [1.29, 1.82) is 0 Å². The number of aromatic nitrogens is 3. The van der Waals surface area contributed by atoms with Crippen LogP contribution in [0.25, 0.3) is 11.4 Å². The highest BCUT2D eigenvalue weighted by Crippen LogP contribution is 2.25. The fourth-order valence-electron chi connectivity index (χ4n) is 3.52. The van der Waals surface area contributed by atoms with Gasteiger partial charge in [-0.3, -0.25) is 24.5 Å². The molecule has 2 aromatic heterocycles. The predicted molar refractivity (Wildman–Crippen MR) is 131 cm³/mol. The third-order valence-electron chi connectivity index (χ3n) is 5.53. The number of rotatable bonds is 9. The van der Waals surface area contributed by atoms with E-state index in [-0.39, 0.29) is 23.7 Å². The van der Waals surface area contributed by atoms with E-state index in [0.29, 0.717) is 5.56 Å². The highest BCUT2D eigenvalue weighted by Gasteiger charge is 2.45. The molecule has 2 unspecified atom stereocenters. The van der Waals surface area contributed by atoms with E-state index < -0.39 is 54.2 Å². The van der Waals surface area contributed by atoms with Crippen molar-refractivity contribution in [2.45, 2.75) is 45.3 Å². The van der Waals surface area contributed by atoms with E-state index in [0.717, 1.165) is 22.9 Å². The topological polar surface area (TPSA) is 135 Å². The van der Waals surface area contributed by atoms with Crippen molar-refractivity contribution in [3.05, 3.63) is 76.7 Å². The molecule has 0 aliphatic carbocycles. The van der Waals surface area contributed by atoms with Gasteiger partial charge in [-0.05, 0) is 47.9 Å². The largest absolute Gasteiger partial charge is 0.444 e. The van der Waals surface area contributed by atoms with E-state index in [4.69, 9.17) is 4.74 Å². The molecule has 1 aromatic carbocycles. The Morgan fingerprint density at radius 2 is 1.74 bits per heavy atom. The van der Waals surface area contributed by atoms with Crippen LogP contribution >= 0.6 is 0 Å². The van der Waals surface area contributed by atoms with E-state index in [1.54, 1.807) is 12.1 Å². The van der Waals surface area contributed by atoms with Crippen molar-refractivity contribution in [2.24, 2.45) is 5.92 Å². The first-order valence-corrected chi connectivity index (χ1v) is 11.6. The Kier molecular flexibility index (Phi) is 9.35. The summed E-state index contributed by atoms with van der Waals surface area (Å²) in [5, 5.41) is 14.0. The van der Waals surface area contributed by atoms with Crippen LogP contribution in [-0.4, -0.2) is 50.0 Å². The third-order valence-corrected chi connectivity index (χ3v) is 5.53. The summed E-state index contributed by atoms with van der Waals surface area (Å²) in [4.78, 5) is 46.3. The van der Waals surface area contributed by atoms with Gasteiger partial charge in [0.05, 0.1) is 12.2 Å². The molecule has 0 aliphatic rings. The molecule has 2 amide bonds. The SMILES string of the molecule is CC(C)C(NC(=O)Cn1c(-c2ccc(F)cc2)ncc(NC(=O)OCc2ccncc2)c1=O)C(O)C(F)(F)F. The minimum Gasteiger partial charge on any atom is -0.444 e. The second-order valence-corrected chi connectivity index (χ2v) is 8.77. The molecule has 0 radical (unpaired) electrons. The van der Waals surface area contributed by atoms with Gasteiger partial charge in [0.15, 0.2) is 6.10 Å². The fraction of sp³-hybridized carbons (Fsp3) is 0.320. The van der Waals surface area contributed by atoms with Gasteiger partial charge in [0.1, 0.15) is 30.5 Å². The zero-order valence-electron chi connectivity index (χ0n) is 20.8. The first kappa shape index (κ1) is 29.2. The number of nitrogens with zero attached hydrogens (tertiary/aromatic N) is 3. The van der Waals surface area contributed by atoms with Gasteiger partial charge in [-0.15, -0.1) is 0 Å². The van der Waals surface area contributed by atoms with Crippen molar-refractivity contribution in [1.82, 2.24) is 19.9 Å². The minimum atomic E-state index is -5.00. The highest BCUT2D eigenvalue weighted by molar-refractivity contribution is 5.84. The maximum atomic E-state index is 13.5. The van der Waals surface area contributed by atoms with Gasteiger partial charge in [-0.1, -0.05) is 13.8 Å². The molecule has 3 rings (SSSR count). The Morgan fingerprint density at radius 1 is 1.10 bits per heavy atom. The van der Waals surface area contributed by atoms with Crippen molar-refractivity contribution in [3.63, 3.8) is 0 Å². The second kappa shape index (κ2) is 12.5. The van der Waals surface area contributed by atoms with Crippen LogP contribution in [0.15, 0.2) is 59.8 Å². The number of aliphatic hydroxyl groups excluding tert-OH is 1. The Morgan fingerprint density at radius 3 is 2.33 bits per heavy atom. The molecule has 0 bridgehead atoms. The highest BCUT2D eigenvalue weighted by atomic mass is 19.4. The first-order valence-electron chi connectivity index (χ1n) is 11.6. The number of carbonyl (C=O) groups is 2. The summed E-state index contributed by atoms with van der Waals surface area (Å²) < 4.78 is 58.7. The summed E-state index contributed by atoms with van der Waals surface area (Å²) in [7, 11) is 0. The molecule has 2 atom stereocenters. The molecule has 10 nitrogen and oxygen atoms in total. The number of nitrogens with one attached hydrogen (secondary N) is 2. The molecule has 208 valence electrons. The number of hydrogen-bond donors (Lipinski definition) is 3. The van der Waals surface area contributed by atoms with Gasteiger partial charge in [-0.2, -0.15) is 13.2 Å². The number of carbonyl (C=O) groups excluding carboxylic acids is 2. The van der Waals surface area contributed by atoms with Gasteiger partial charge in [0.25, 0.3) is 5.56 Å². The summed E-state index contributed by atoms with van der Waals surface area (Å²) in [6.45, 7) is 1.79. The average Bonchev–Trinajstić information content (AvgIpc) is 2.88. The molecule has 3 aromatic rings. The monoisotopic (exact) mass is 551 g/mol. The molecule has 0 fully saturated rings. The molecule has 14 heteroatoms. The predicted octanol–water partition coefficient (Wildman–Crippen LogP) is 3.26. The molecule has 0 saturated heterocycles. The van der Waals surface area contributed by atoms with Gasteiger partial charge in [0.2, 0.25) is 5.91 Å². The number of halogens is 4. The molecule has 3 N–H and O–H groups in total. The zero-order chi connectivity index (χ0) is 28.7. The smallest absolute Gasteiger partial charge is 0.416 e. The number of amides is 2. The van der Waals surface area contributed by atoms with E-state index in [1.165, 1.54) is 38.4 Å². The van der Waals surface area contributed by atoms with Crippen molar-refractivity contribution < 1.29 is 37.0 Å². The van der Waals surface area contributed by atoms with E-state index in [1.807, 2.05) is 0 Å². The molecule has 0 spiro atoms. The van der Waals surface area contributed by atoms with E-state index in [2.05, 4.69) is 20.6 Å². The van der Waals surface area contributed by atoms with Crippen LogP contribution in [-0.2, 0) is 22.7 Å². The van der Waals surface area contributed by atoms with Crippen molar-refractivity contribution >= 4 is 17.7 Å². The Labute approximate surface area is 219 Å². The van der Waals surface area contributed by atoms with E-state index in [9.17, 15) is 37.1 Å². The van der Waals surface area contributed by atoms with Gasteiger partial charge < -0.3 is 15.2 Å². The molecular formula is C25H25F4N5O5. The molecule has 39 heavy (non-hydrogen) atoms. The average molecular weight is 551 g/mol. The van der Waals surface area contributed by atoms with Crippen LogP contribution in [0.5, 0.6) is 0 Å². The summed E-state index contributed by atoms with van der Waals surface area (Å²) >= 11 is 0. The summed E-state index contributed by atoms with van der Waals surface area (Å²) in [5.41, 5.74) is -0.481. The lowest BCUT2D eigenvalue weighted by Crippen LogP contribution is -2.53. The number of anilines is 1. The Balaban J connectivity index is 1.89. The summed E-state index contributed by atoms with van der Waals surface area (Å²) in [6, 6.07) is 6.25. The quantitative estimate of drug-likeness (QED) is 0.348. The van der Waals surface area contributed by atoms with Crippen LogP contribution < -0.4 is 16.2 Å². The number of ether oxygens (including phenoxy) is 1. The molecule has 2 heterocycles. The maximum Gasteiger partial charge on any atom is 0.416 e. The van der Waals surface area contributed by atoms with Crippen molar-refractivity contribution in [3.8, 4) is 11.4 Å². The Bertz CT molecular complexity index is 1350. The number of hydrogen-bond acceptors (Lipinski definition) is 7. The maximum absolute atomic E-state index is 13.5. The van der Waals surface area contributed by atoms with Crippen LogP contribution in [0, 0.1) is 11.7 Å². The standard InChI is InChI=1S/C25H25F4N5O5/c1-14(2)20(21(36)25(27,28)29)33-19(35)12-34-22(16-3-5-17(26)6-4-16)31-11-18(23(34)37)32-24(38)39-13-15-7-9-30-10-8-15/h3-11,14,20-21,36H,12-13H2,1-2H3,(H,32,38)(H,33,35).